The van der Waals surface area contributed by atoms with Crippen LogP contribution < -0.4 is 0 Å². The fourth-order valence-electron chi connectivity index (χ4n) is 2.74. The van der Waals surface area contributed by atoms with Gasteiger partial charge in [0.1, 0.15) is 6.04 Å². The Hall–Kier alpha value is -1.83. The van der Waals surface area contributed by atoms with Crippen molar-refractivity contribution >= 4 is 27.8 Å². The third-order valence-corrected chi connectivity index (χ3v) is 4.35. The van der Waals surface area contributed by atoms with E-state index < -0.39 is 36.1 Å². The first kappa shape index (κ1) is 18.5. The van der Waals surface area contributed by atoms with E-state index in [0.29, 0.717) is 10.5 Å². The second-order valence-corrected chi connectivity index (χ2v) is 6.33. The van der Waals surface area contributed by atoms with Crippen molar-refractivity contribution in [2.24, 2.45) is 5.92 Å². The first-order chi connectivity index (χ1) is 11.2. The topological polar surface area (TPSA) is 46.6 Å². The van der Waals surface area contributed by atoms with Crippen LogP contribution in [-0.2, 0) is 14.3 Å². The predicted molar refractivity (Wildman–Crippen MR) is 83.9 cm³/mol. The van der Waals surface area contributed by atoms with E-state index in [4.69, 9.17) is 0 Å². The zero-order valence-electron chi connectivity index (χ0n) is 12.9. The van der Waals surface area contributed by atoms with Crippen molar-refractivity contribution in [3.63, 3.8) is 0 Å². The van der Waals surface area contributed by atoms with Crippen molar-refractivity contribution in [2.45, 2.75) is 25.2 Å². The van der Waals surface area contributed by atoms with E-state index in [1.165, 1.54) is 6.08 Å². The maximum absolute atomic E-state index is 13.1. The van der Waals surface area contributed by atoms with Crippen LogP contribution in [-0.4, -0.2) is 36.1 Å². The largest absolute Gasteiger partial charge is 0.471 e. The Kier molecular flexibility index (Phi) is 5.37. The van der Waals surface area contributed by atoms with E-state index in [-0.39, 0.29) is 0 Å². The number of benzene rings is 1. The van der Waals surface area contributed by atoms with E-state index in [9.17, 15) is 22.8 Å². The van der Waals surface area contributed by atoms with Gasteiger partial charge in [0.05, 0.1) is 13.2 Å². The number of amides is 1. The number of carbonyl (C=O) groups excluding carboxylic acids is 2. The lowest BCUT2D eigenvalue weighted by Gasteiger charge is -2.41. The quantitative estimate of drug-likeness (QED) is 0.557. The van der Waals surface area contributed by atoms with E-state index in [1.807, 2.05) is 0 Å². The van der Waals surface area contributed by atoms with Gasteiger partial charge in [-0.25, -0.2) is 4.79 Å². The predicted octanol–water partition coefficient (Wildman–Crippen LogP) is 3.63. The van der Waals surface area contributed by atoms with Crippen molar-refractivity contribution in [3.05, 3.63) is 46.5 Å². The van der Waals surface area contributed by atoms with Crippen LogP contribution in [0.2, 0.25) is 0 Å². The fraction of sp³-hybridized carbons (Fsp3) is 0.375. The molecule has 2 rings (SSSR count). The van der Waals surface area contributed by atoms with Gasteiger partial charge in [-0.3, -0.25) is 4.79 Å². The molecule has 0 saturated heterocycles. The van der Waals surface area contributed by atoms with Crippen molar-refractivity contribution in [2.75, 3.05) is 7.11 Å². The molecule has 0 N–H and O–H groups in total. The van der Waals surface area contributed by atoms with Gasteiger partial charge in [-0.2, -0.15) is 13.2 Å². The lowest BCUT2D eigenvalue weighted by molar-refractivity contribution is -0.193. The molecule has 1 aliphatic rings. The molecule has 0 bridgehead atoms. The molecule has 24 heavy (non-hydrogen) atoms. The standard InChI is InChI=1S/C16H15BrF3NO3/c1-9-3-8-12(14(22)24-2)21(15(23)16(18,19)20)13(9)10-4-6-11(17)7-5-10/h3-9,12-13H,1-2H3/t9-,12+,13-/m0/s1. The summed E-state index contributed by atoms with van der Waals surface area (Å²) in [6.07, 6.45) is -2.20. The molecule has 1 aromatic rings. The Balaban J connectivity index is 2.55. The van der Waals surface area contributed by atoms with Gasteiger partial charge in [0.2, 0.25) is 0 Å². The molecule has 3 atom stereocenters. The van der Waals surface area contributed by atoms with Gasteiger partial charge in [-0.1, -0.05) is 47.1 Å². The summed E-state index contributed by atoms with van der Waals surface area (Å²) in [6.45, 7) is 1.69. The van der Waals surface area contributed by atoms with Gasteiger partial charge in [0, 0.05) is 4.47 Å². The number of alkyl halides is 3. The van der Waals surface area contributed by atoms with Crippen molar-refractivity contribution in [1.29, 1.82) is 0 Å². The highest BCUT2D eigenvalue weighted by Gasteiger charge is 2.50. The third kappa shape index (κ3) is 3.63. The fourth-order valence-corrected chi connectivity index (χ4v) is 3.01. The first-order valence-electron chi connectivity index (χ1n) is 7.08. The van der Waals surface area contributed by atoms with Gasteiger partial charge in [0.15, 0.2) is 0 Å². The lowest BCUT2D eigenvalue weighted by atomic mass is 9.87. The third-order valence-electron chi connectivity index (χ3n) is 3.83. The van der Waals surface area contributed by atoms with Crippen molar-refractivity contribution in [3.8, 4) is 0 Å². The zero-order valence-corrected chi connectivity index (χ0v) is 14.5. The number of hydrogen-bond acceptors (Lipinski definition) is 3. The van der Waals surface area contributed by atoms with E-state index >= 15 is 0 Å². The Morgan fingerprint density at radius 2 is 1.75 bits per heavy atom. The summed E-state index contributed by atoms with van der Waals surface area (Å²) in [5.74, 6) is -3.39. The van der Waals surface area contributed by atoms with Gasteiger partial charge in [0.25, 0.3) is 0 Å². The second-order valence-electron chi connectivity index (χ2n) is 5.42. The molecule has 0 saturated carbocycles. The minimum atomic E-state index is -5.09. The summed E-state index contributed by atoms with van der Waals surface area (Å²) in [7, 11) is 1.07. The summed E-state index contributed by atoms with van der Waals surface area (Å²) >= 11 is 3.26. The number of carbonyl (C=O) groups is 2. The molecule has 8 heteroatoms. The maximum atomic E-state index is 13.1. The van der Waals surface area contributed by atoms with Crippen LogP contribution in [0.3, 0.4) is 0 Å². The van der Waals surface area contributed by atoms with Gasteiger partial charge in [-0.05, 0) is 23.6 Å². The minimum Gasteiger partial charge on any atom is -0.467 e. The Labute approximate surface area is 145 Å². The molecule has 130 valence electrons. The molecular weight excluding hydrogens is 391 g/mol. The SMILES string of the molecule is COC(=O)[C@H]1C=C[C@H](C)[C@@H](c2ccc(Br)cc2)N1C(=O)C(F)(F)F. The molecule has 1 aliphatic heterocycles. The molecule has 0 unspecified atom stereocenters. The highest BCUT2D eigenvalue weighted by Crippen LogP contribution is 2.38. The smallest absolute Gasteiger partial charge is 0.467 e. The summed E-state index contributed by atoms with van der Waals surface area (Å²) in [6, 6.07) is 4.23. The van der Waals surface area contributed by atoms with Crippen molar-refractivity contribution in [1.82, 2.24) is 4.90 Å². The molecule has 0 radical (unpaired) electrons. The average molecular weight is 406 g/mol. The number of methoxy groups -OCH3 is 1. The van der Waals surface area contributed by atoms with Crippen LogP contribution >= 0.6 is 15.9 Å². The average Bonchev–Trinajstić information content (AvgIpc) is 2.53. The van der Waals surface area contributed by atoms with Crippen LogP contribution in [0.5, 0.6) is 0 Å². The molecule has 0 aromatic heterocycles. The number of ether oxygens (including phenoxy) is 1. The van der Waals surface area contributed by atoms with Crippen LogP contribution in [0.25, 0.3) is 0 Å². The van der Waals surface area contributed by atoms with E-state index in [2.05, 4.69) is 20.7 Å². The number of esters is 1. The van der Waals surface area contributed by atoms with Gasteiger partial charge >= 0.3 is 18.1 Å². The summed E-state index contributed by atoms with van der Waals surface area (Å²) in [5, 5.41) is 0. The molecular formula is C16H15BrF3NO3. The Morgan fingerprint density at radius 3 is 2.25 bits per heavy atom. The van der Waals surface area contributed by atoms with Crippen molar-refractivity contribution < 1.29 is 27.5 Å². The van der Waals surface area contributed by atoms with Gasteiger partial charge < -0.3 is 9.64 Å². The zero-order chi connectivity index (χ0) is 18.1. The number of rotatable bonds is 2. The van der Waals surface area contributed by atoms with Crippen LogP contribution in [0.15, 0.2) is 40.9 Å². The minimum absolute atomic E-state index is 0.404. The molecule has 0 spiro atoms. The number of hydrogen-bond donors (Lipinski definition) is 0. The molecule has 0 aliphatic carbocycles. The molecule has 1 heterocycles. The summed E-state index contributed by atoms with van der Waals surface area (Å²) in [5.41, 5.74) is 0.501. The van der Waals surface area contributed by atoms with Crippen LogP contribution in [0.4, 0.5) is 13.2 Å². The number of halogens is 4. The number of nitrogens with zero attached hydrogens (tertiary/aromatic N) is 1. The Morgan fingerprint density at radius 1 is 1.17 bits per heavy atom. The van der Waals surface area contributed by atoms with E-state index in [1.54, 1.807) is 37.3 Å². The highest BCUT2D eigenvalue weighted by molar-refractivity contribution is 9.10. The molecule has 4 nitrogen and oxygen atoms in total. The monoisotopic (exact) mass is 405 g/mol. The summed E-state index contributed by atoms with van der Waals surface area (Å²) < 4.78 is 44.6. The maximum Gasteiger partial charge on any atom is 0.471 e. The first-order valence-corrected chi connectivity index (χ1v) is 7.87. The second kappa shape index (κ2) is 6.96. The molecule has 1 amide bonds. The highest BCUT2D eigenvalue weighted by atomic mass is 79.9. The Bertz CT molecular complexity index is 658. The van der Waals surface area contributed by atoms with Crippen LogP contribution in [0, 0.1) is 5.92 Å². The van der Waals surface area contributed by atoms with Gasteiger partial charge in [-0.15, -0.1) is 0 Å². The molecule has 1 aromatic carbocycles. The normalized spacial score (nSPS) is 23.9. The van der Waals surface area contributed by atoms with Crippen LogP contribution in [0.1, 0.15) is 18.5 Å². The molecule has 0 fully saturated rings. The lowest BCUT2D eigenvalue weighted by Crippen LogP contribution is -2.54. The van der Waals surface area contributed by atoms with E-state index in [0.717, 1.165) is 11.6 Å². The summed E-state index contributed by atoms with van der Waals surface area (Å²) in [4.78, 5) is 24.5.